The van der Waals surface area contributed by atoms with Gasteiger partial charge in [0.1, 0.15) is 0 Å². The highest BCUT2D eigenvalue weighted by atomic mass is 32.2. The molecule has 0 spiro atoms. The lowest BCUT2D eigenvalue weighted by Gasteiger charge is -2.09. The molecule has 1 rings (SSSR count). The Morgan fingerprint density at radius 1 is 1.43 bits per heavy atom. The zero-order valence-electron chi connectivity index (χ0n) is 8.52. The SMILES string of the molecule is CSCCCC(O)Cc1ccncc1. The Kier molecular flexibility index (Phi) is 5.64. The van der Waals surface area contributed by atoms with Crippen LogP contribution >= 0.6 is 11.8 Å². The van der Waals surface area contributed by atoms with Crippen LogP contribution in [0.25, 0.3) is 0 Å². The van der Waals surface area contributed by atoms with E-state index in [0.29, 0.717) is 0 Å². The van der Waals surface area contributed by atoms with Gasteiger partial charge in [-0.15, -0.1) is 0 Å². The van der Waals surface area contributed by atoms with Crippen LogP contribution in [0, 0.1) is 0 Å². The molecule has 0 fully saturated rings. The van der Waals surface area contributed by atoms with Crippen LogP contribution in [0.3, 0.4) is 0 Å². The summed E-state index contributed by atoms with van der Waals surface area (Å²) in [5.74, 6) is 1.13. The van der Waals surface area contributed by atoms with Crippen molar-refractivity contribution in [1.82, 2.24) is 4.98 Å². The summed E-state index contributed by atoms with van der Waals surface area (Å²) in [5.41, 5.74) is 1.16. The second-order valence-corrected chi connectivity index (χ2v) is 4.33. The van der Waals surface area contributed by atoms with E-state index in [0.717, 1.165) is 30.6 Å². The fourth-order valence-electron chi connectivity index (χ4n) is 1.36. The molecule has 78 valence electrons. The van der Waals surface area contributed by atoms with Crippen LogP contribution in [-0.4, -0.2) is 28.2 Å². The highest BCUT2D eigenvalue weighted by Crippen LogP contribution is 2.08. The third-order valence-corrected chi connectivity index (χ3v) is 2.80. The molecule has 1 aromatic rings. The molecule has 0 aliphatic carbocycles. The van der Waals surface area contributed by atoms with E-state index in [1.165, 1.54) is 0 Å². The van der Waals surface area contributed by atoms with E-state index in [2.05, 4.69) is 11.2 Å². The molecule has 0 bridgehead atoms. The Bertz CT molecular complexity index is 240. The van der Waals surface area contributed by atoms with Gasteiger partial charge >= 0.3 is 0 Å². The summed E-state index contributed by atoms with van der Waals surface area (Å²) >= 11 is 1.83. The topological polar surface area (TPSA) is 33.1 Å². The van der Waals surface area contributed by atoms with E-state index in [1.807, 2.05) is 23.9 Å². The number of nitrogens with zero attached hydrogens (tertiary/aromatic N) is 1. The molecule has 1 N–H and O–H groups in total. The minimum atomic E-state index is -0.204. The predicted molar refractivity (Wildman–Crippen MR) is 61.6 cm³/mol. The summed E-state index contributed by atoms with van der Waals surface area (Å²) in [5, 5.41) is 9.70. The van der Waals surface area contributed by atoms with Crippen LogP contribution < -0.4 is 0 Å². The highest BCUT2D eigenvalue weighted by molar-refractivity contribution is 7.98. The van der Waals surface area contributed by atoms with Gasteiger partial charge in [-0.25, -0.2) is 0 Å². The zero-order valence-corrected chi connectivity index (χ0v) is 9.33. The maximum atomic E-state index is 9.70. The lowest BCUT2D eigenvalue weighted by molar-refractivity contribution is 0.164. The number of thioether (sulfide) groups is 1. The first-order chi connectivity index (χ1) is 6.83. The van der Waals surface area contributed by atoms with Gasteiger partial charge in [0.2, 0.25) is 0 Å². The second kappa shape index (κ2) is 6.85. The predicted octanol–water partition coefficient (Wildman–Crippen LogP) is 2.13. The molecule has 1 heterocycles. The van der Waals surface area contributed by atoms with Crippen molar-refractivity contribution in [2.75, 3.05) is 12.0 Å². The van der Waals surface area contributed by atoms with E-state index in [4.69, 9.17) is 0 Å². The monoisotopic (exact) mass is 211 g/mol. The summed E-state index contributed by atoms with van der Waals surface area (Å²) < 4.78 is 0. The minimum Gasteiger partial charge on any atom is -0.393 e. The van der Waals surface area contributed by atoms with Crippen molar-refractivity contribution in [3.63, 3.8) is 0 Å². The Morgan fingerprint density at radius 2 is 2.14 bits per heavy atom. The van der Waals surface area contributed by atoms with Crippen molar-refractivity contribution in [2.24, 2.45) is 0 Å². The molecule has 1 aromatic heterocycles. The fraction of sp³-hybridized carbons (Fsp3) is 0.545. The molecular weight excluding hydrogens is 194 g/mol. The lowest BCUT2D eigenvalue weighted by atomic mass is 10.1. The van der Waals surface area contributed by atoms with E-state index in [1.54, 1.807) is 12.4 Å². The maximum absolute atomic E-state index is 9.70. The van der Waals surface area contributed by atoms with Gasteiger partial charge in [-0.1, -0.05) is 0 Å². The third-order valence-electron chi connectivity index (χ3n) is 2.11. The third kappa shape index (κ3) is 4.63. The van der Waals surface area contributed by atoms with E-state index >= 15 is 0 Å². The molecule has 2 nitrogen and oxygen atoms in total. The number of rotatable bonds is 6. The van der Waals surface area contributed by atoms with Crippen LogP contribution in [-0.2, 0) is 6.42 Å². The van der Waals surface area contributed by atoms with Crippen LogP contribution in [0.1, 0.15) is 18.4 Å². The van der Waals surface area contributed by atoms with Crippen molar-refractivity contribution in [3.05, 3.63) is 30.1 Å². The molecule has 0 radical (unpaired) electrons. The van der Waals surface area contributed by atoms with Gasteiger partial charge in [-0.05, 0) is 49.0 Å². The highest BCUT2D eigenvalue weighted by Gasteiger charge is 2.04. The quantitative estimate of drug-likeness (QED) is 0.732. The van der Waals surface area contributed by atoms with Crippen LogP contribution in [0.15, 0.2) is 24.5 Å². The molecule has 0 aliphatic heterocycles. The van der Waals surface area contributed by atoms with Gasteiger partial charge in [0.05, 0.1) is 6.10 Å². The number of pyridine rings is 1. The maximum Gasteiger partial charge on any atom is 0.0580 e. The zero-order chi connectivity index (χ0) is 10.2. The Morgan fingerprint density at radius 3 is 2.79 bits per heavy atom. The molecule has 0 amide bonds. The van der Waals surface area contributed by atoms with E-state index < -0.39 is 0 Å². The normalized spacial score (nSPS) is 12.7. The molecule has 14 heavy (non-hydrogen) atoms. The number of aromatic nitrogens is 1. The number of hydrogen-bond donors (Lipinski definition) is 1. The van der Waals surface area contributed by atoms with Crippen LogP contribution in [0.2, 0.25) is 0 Å². The minimum absolute atomic E-state index is 0.204. The molecule has 0 saturated heterocycles. The molecule has 3 heteroatoms. The summed E-state index contributed by atoms with van der Waals surface area (Å²) in [6.45, 7) is 0. The van der Waals surface area contributed by atoms with Crippen LogP contribution in [0.5, 0.6) is 0 Å². The largest absolute Gasteiger partial charge is 0.393 e. The number of aliphatic hydroxyl groups is 1. The van der Waals surface area contributed by atoms with Gasteiger partial charge in [0, 0.05) is 12.4 Å². The molecule has 0 aliphatic rings. The number of hydrogen-bond acceptors (Lipinski definition) is 3. The van der Waals surface area contributed by atoms with Crippen molar-refractivity contribution in [2.45, 2.75) is 25.4 Å². The second-order valence-electron chi connectivity index (χ2n) is 3.35. The Balaban J connectivity index is 2.23. The van der Waals surface area contributed by atoms with Crippen molar-refractivity contribution < 1.29 is 5.11 Å². The number of aliphatic hydroxyl groups excluding tert-OH is 1. The van der Waals surface area contributed by atoms with Gasteiger partial charge in [-0.3, -0.25) is 4.98 Å². The average Bonchev–Trinajstić information content (AvgIpc) is 2.20. The van der Waals surface area contributed by atoms with Gasteiger partial charge in [-0.2, -0.15) is 11.8 Å². The molecule has 0 saturated carbocycles. The van der Waals surface area contributed by atoms with Crippen molar-refractivity contribution >= 4 is 11.8 Å². The van der Waals surface area contributed by atoms with E-state index in [-0.39, 0.29) is 6.10 Å². The Labute approximate surface area is 89.8 Å². The van der Waals surface area contributed by atoms with Gasteiger partial charge < -0.3 is 5.11 Å². The first-order valence-electron chi connectivity index (χ1n) is 4.89. The summed E-state index contributed by atoms with van der Waals surface area (Å²) in [6.07, 6.45) is 8.15. The van der Waals surface area contributed by atoms with Crippen LogP contribution in [0.4, 0.5) is 0 Å². The molecule has 0 aromatic carbocycles. The molecule has 1 unspecified atom stereocenters. The van der Waals surface area contributed by atoms with E-state index in [9.17, 15) is 5.11 Å². The molecule has 1 atom stereocenters. The first kappa shape index (κ1) is 11.5. The summed E-state index contributed by atoms with van der Waals surface area (Å²) in [4.78, 5) is 3.94. The standard InChI is InChI=1S/C11H17NOS/c1-14-8-2-3-11(13)9-10-4-6-12-7-5-10/h4-7,11,13H,2-3,8-9H2,1H3. The average molecular weight is 211 g/mol. The van der Waals surface area contributed by atoms with Gasteiger partial charge in [0.15, 0.2) is 0 Å². The van der Waals surface area contributed by atoms with Gasteiger partial charge in [0.25, 0.3) is 0 Å². The summed E-state index contributed by atoms with van der Waals surface area (Å²) in [6, 6.07) is 3.91. The Hall–Kier alpha value is -0.540. The van der Waals surface area contributed by atoms with Crippen molar-refractivity contribution in [1.29, 1.82) is 0 Å². The fourth-order valence-corrected chi connectivity index (χ4v) is 1.81. The first-order valence-corrected chi connectivity index (χ1v) is 6.28. The van der Waals surface area contributed by atoms with Crippen molar-refractivity contribution in [3.8, 4) is 0 Å². The summed E-state index contributed by atoms with van der Waals surface area (Å²) in [7, 11) is 0. The lowest BCUT2D eigenvalue weighted by Crippen LogP contribution is -2.10. The smallest absolute Gasteiger partial charge is 0.0580 e. The molecular formula is C11H17NOS.